The van der Waals surface area contributed by atoms with E-state index in [1.165, 1.54) is 4.31 Å². The number of nitrogens with zero attached hydrogens (tertiary/aromatic N) is 3. The monoisotopic (exact) mass is 431 g/mol. The maximum atomic E-state index is 12.5. The third-order valence-electron chi connectivity index (χ3n) is 4.48. The number of hydrogen-bond acceptors (Lipinski definition) is 4. The fraction of sp³-hybridized carbons (Fsp3) is 0.562. The normalized spacial score (nSPS) is 20.0. The van der Waals surface area contributed by atoms with Crippen molar-refractivity contribution < 1.29 is 17.9 Å². The number of amides is 1. The Hall–Kier alpha value is -1.16. The predicted octanol–water partition coefficient (Wildman–Crippen LogP) is 1.31. The molecule has 0 radical (unpaired) electrons. The van der Waals surface area contributed by atoms with Crippen molar-refractivity contribution in [3.63, 3.8) is 0 Å². The minimum atomic E-state index is -3.38. The zero-order valence-electron chi connectivity index (χ0n) is 13.9. The van der Waals surface area contributed by atoms with E-state index < -0.39 is 10.2 Å². The maximum absolute atomic E-state index is 12.5. The maximum Gasteiger partial charge on any atom is 0.282 e. The van der Waals surface area contributed by atoms with Crippen molar-refractivity contribution in [1.29, 1.82) is 0 Å². The van der Waals surface area contributed by atoms with Crippen molar-refractivity contribution in [2.24, 2.45) is 0 Å². The lowest BCUT2D eigenvalue weighted by atomic mass is 10.3. The third kappa shape index (κ3) is 4.52. The summed E-state index contributed by atoms with van der Waals surface area (Å²) in [6.45, 7) is 2.63. The molecule has 138 valence electrons. The van der Waals surface area contributed by atoms with Crippen LogP contribution in [0.3, 0.4) is 0 Å². The van der Waals surface area contributed by atoms with Crippen molar-refractivity contribution in [2.75, 3.05) is 45.9 Å². The zero-order chi connectivity index (χ0) is 17.9. The molecule has 0 spiro atoms. The number of carbonyl (C=O) groups is 1. The number of benzene rings is 1. The van der Waals surface area contributed by atoms with Crippen molar-refractivity contribution in [1.82, 2.24) is 13.5 Å². The van der Waals surface area contributed by atoms with Gasteiger partial charge < -0.3 is 9.64 Å². The molecule has 0 saturated carbocycles. The minimum Gasteiger partial charge on any atom is -0.484 e. The number of carbonyl (C=O) groups excluding carboxylic acids is 1. The van der Waals surface area contributed by atoms with Gasteiger partial charge in [0.2, 0.25) is 0 Å². The first kappa shape index (κ1) is 18.6. The summed E-state index contributed by atoms with van der Waals surface area (Å²) in [5.41, 5.74) is 0. The Labute approximate surface area is 156 Å². The van der Waals surface area contributed by atoms with Gasteiger partial charge in [-0.3, -0.25) is 4.79 Å². The summed E-state index contributed by atoms with van der Waals surface area (Å²) in [5.74, 6) is 0.507. The van der Waals surface area contributed by atoms with Crippen LogP contribution in [-0.4, -0.2) is 73.7 Å². The third-order valence-corrected chi connectivity index (χ3v) is 7.05. The highest BCUT2D eigenvalue weighted by Gasteiger charge is 2.34. The molecule has 0 N–H and O–H groups in total. The molecule has 1 aromatic carbocycles. The van der Waals surface area contributed by atoms with E-state index in [9.17, 15) is 13.2 Å². The summed E-state index contributed by atoms with van der Waals surface area (Å²) in [6.07, 6.45) is 1.84. The van der Waals surface area contributed by atoms with Crippen molar-refractivity contribution in [3.8, 4) is 5.75 Å². The second-order valence-corrected chi connectivity index (χ2v) is 8.98. The number of rotatable bonds is 5. The largest absolute Gasteiger partial charge is 0.484 e. The van der Waals surface area contributed by atoms with Gasteiger partial charge in [-0.2, -0.15) is 17.0 Å². The van der Waals surface area contributed by atoms with Crippen LogP contribution in [0, 0.1) is 0 Å². The molecule has 2 aliphatic heterocycles. The second-order valence-electron chi connectivity index (χ2n) is 6.14. The van der Waals surface area contributed by atoms with Gasteiger partial charge in [-0.15, -0.1) is 0 Å². The molecule has 0 unspecified atom stereocenters. The topological polar surface area (TPSA) is 70.2 Å². The Morgan fingerprint density at radius 3 is 2.12 bits per heavy atom. The molecule has 1 aromatic rings. The number of hydrogen-bond donors (Lipinski definition) is 0. The smallest absolute Gasteiger partial charge is 0.282 e. The lowest BCUT2D eigenvalue weighted by Gasteiger charge is -2.35. The first-order chi connectivity index (χ1) is 12.0. The van der Waals surface area contributed by atoms with Crippen molar-refractivity contribution in [3.05, 3.63) is 28.7 Å². The summed E-state index contributed by atoms with van der Waals surface area (Å²) in [7, 11) is -3.38. The molecular formula is C16H22BrN3O4S. The Balaban J connectivity index is 1.48. The van der Waals surface area contributed by atoms with E-state index in [0.717, 1.165) is 17.3 Å². The van der Waals surface area contributed by atoms with Crippen LogP contribution < -0.4 is 4.74 Å². The predicted molar refractivity (Wildman–Crippen MR) is 97.5 cm³/mol. The van der Waals surface area contributed by atoms with Gasteiger partial charge in [0, 0.05) is 43.7 Å². The molecule has 0 bridgehead atoms. The summed E-state index contributed by atoms with van der Waals surface area (Å²) in [5, 5.41) is 0. The van der Waals surface area contributed by atoms with E-state index in [4.69, 9.17) is 4.74 Å². The van der Waals surface area contributed by atoms with Gasteiger partial charge in [0.25, 0.3) is 16.1 Å². The Morgan fingerprint density at radius 1 is 0.960 bits per heavy atom. The van der Waals surface area contributed by atoms with Gasteiger partial charge in [-0.05, 0) is 37.1 Å². The van der Waals surface area contributed by atoms with Crippen LogP contribution >= 0.6 is 15.9 Å². The minimum absolute atomic E-state index is 0.0412. The van der Waals surface area contributed by atoms with Crippen molar-refractivity contribution in [2.45, 2.75) is 12.8 Å². The molecule has 1 amide bonds. The van der Waals surface area contributed by atoms with Crippen LogP contribution in [0.2, 0.25) is 0 Å². The number of piperazine rings is 1. The fourth-order valence-corrected chi connectivity index (χ4v) is 4.95. The molecule has 25 heavy (non-hydrogen) atoms. The quantitative estimate of drug-likeness (QED) is 0.704. The van der Waals surface area contributed by atoms with Gasteiger partial charge in [0.05, 0.1) is 0 Å². The standard InChI is InChI=1S/C16H22BrN3O4S/c17-14-3-5-15(6-4-14)24-13-16(21)18-9-11-20(12-10-18)25(22,23)19-7-1-2-8-19/h3-6H,1-2,7-13H2. The molecule has 0 aromatic heterocycles. The van der Waals surface area contributed by atoms with E-state index in [0.29, 0.717) is 45.0 Å². The molecule has 2 aliphatic rings. The van der Waals surface area contributed by atoms with Crippen LogP contribution in [0.5, 0.6) is 5.75 Å². The fourth-order valence-electron chi connectivity index (χ4n) is 3.02. The zero-order valence-corrected chi connectivity index (χ0v) is 16.3. The van der Waals surface area contributed by atoms with E-state index in [1.807, 2.05) is 12.1 Å². The van der Waals surface area contributed by atoms with Crippen LogP contribution in [-0.2, 0) is 15.0 Å². The van der Waals surface area contributed by atoms with E-state index in [1.54, 1.807) is 21.3 Å². The highest BCUT2D eigenvalue weighted by atomic mass is 79.9. The van der Waals surface area contributed by atoms with Crippen LogP contribution in [0.1, 0.15) is 12.8 Å². The van der Waals surface area contributed by atoms with Gasteiger partial charge in [-0.25, -0.2) is 0 Å². The molecule has 2 fully saturated rings. The molecule has 0 atom stereocenters. The molecular weight excluding hydrogens is 410 g/mol. The first-order valence-corrected chi connectivity index (χ1v) is 10.6. The van der Waals surface area contributed by atoms with Gasteiger partial charge >= 0.3 is 0 Å². The SMILES string of the molecule is O=C(COc1ccc(Br)cc1)N1CCN(S(=O)(=O)N2CCCC2)CC1. The van der Waals surface area contributed by atoms with Crippen LogP contribution in [0.15, 0.2) is 28.7 Å². The Bertz CT molecular complexity index is 697. The molecule has 3 rings (SSSR count). The summed E-state index contributed by atoms with van der Waals surface area (Å²) in [4.78, 5) is 13.9. The average molecular weight is 432 g/mol. The van der Waals surface area contributed by atoms with Crippen molar-refractivity contribution >= 4 is 32.0 Å². The molecule has 2 saturated heterocycles. The highest BCUT2D eigenvalue weighted by molar-refractivity contribution is 9.10. The second kappa shape index (κ2) is 8.03. The molecule has 7 nitrogen and oxygen atoms in total. The number of ether oxygens (including phenoxy) is 1. The molecule has 9 heteroatoms. The lowest BCUT2D eigenvalue weighted by Crippen LogP contribution is -2.54. The summed E-state index contributed by atoms with van der Waals surface area (Å²) >= 11 is 3.35. The van der Waals surface area contributed by atoms with Gasteiger partial charge in [0.15, 0.2) is 6.61 Å². The van der Waals surface area contributed by atoms with Crippen LogP contribution in [0.25, 0.3) is 0 Å². The summed E-state index contributed by atoms with van der Waals surface area (Å²) in [6, 6.07) is 7.28. The van der Waals surface area contributed by atoms with Crippen LogP contribution in [0.4, 0.5) is 0 Å². The van der Waals surface area contributed by atoms with Gasteiger partial charge in [-0.1, -0.05) is 15.9 Å². The Kier molecular flexibility index (Phi) is 5.98. The Morgan fingerprint density at radius 2 is 1.52 bits per heavy atom. The lowest BCUT2D eigenvalue weighted by molar-refractivity contribution is -0.134. The molecule has 0 aliphatic carbocycles. The van der Waals surface area contributed by atoms with E-state index >= 15 is 0 Å². The summed E-state index contributed by atoms with van der Waals surface area (Å²) < 4.78 is 34.5. The number of halogens is 1. The van der Waals surface area contributed by atoms with E-state index in [-0.39, 0.29) is 12.5 Å². The average Bonchev–Trinajstić information content (AvgIpc) is 3.16. The molecule has 2 heterocycles. The van der Waals surface area contributed by atoms with E-state index in [2.05, 4.69) is 15.9 Å². The van der Waals surface area contributed by atoms with Gasteiger partial charge in [0.1, 0.15) is 5.75 Å². The first-order valence-electron chi connectivity index (χ1n) is 8.38. The highest BCUT2D eigenvalue weighted by Crippen LogP contribution is 2.19.